The van der Waals surface area contributed by atoms with Gasteiger partial charge in [-0.1, -0.05) is 25.5 Å². The Labute approximate surface area is 127 Å². The monoisotopic (exact) mass is 300 g/mol. The lowest BCUT2D eigenvalue weighted by atomic mass is 10.1. The minimum Gasteiger partial charge on any atom is -0.379 e. The number of hydrogen-bond acceptors (Lipinski definition) is 4. The summed E-state index contributed by atoms with van der Waals surface area (Å²) in [6.07, 6.45) is 2.64. The van der Waals surface area contributed by atoms with Crippen molar-refractivity contribution < 1.29 is 19.1 Å². The second-order valence-corrected chi connectivity index (χ2v) is 4.67. The first-order valence-corrected chi connectivity index (χ1v) is 7.39. The predicted octanol–water partition coefficient (Wildman–Crippen LogP) is 1.02. The van der Waals surface area contributed by atoms with E-state index in [0.29, 0.717) is 45.8 Å². The van der Waals surface area contributed by atoms with Gasteiger partial charge in [0.2, 0.25) is 11.8 Å². The van der Waals surface area contributed by atoms with Crippen LogP contribution in [0.15, 0.2) is 12.2 Å². The van der Waals surface area contributed by atoms with Crippen molar-refractivity contribution in [2.75, 3.05) is 40.0 Å². The van der Waals surface area contributed by atoms with Crippen LogP contribution in [-0.2, 0) is 19.1 Å². The van der Waals surface area contributed by atoms with Crippen molar-refractivity contribution in [2.45, 2.75) is 32.6 Å². The number of hydrogen-bond donors (Lipinski definition) is 2. The molecule has 0 aromatic carbocycles. The molecule has 0 spiro atoms. The summed E-state index contributed by atoms with van der Waals surface area (Å²) in [5.41, 5.74) is 0.959. The van der Waals surface area contributed by atoms with Crippen LogP contribution in [0.5, 0.6) is 0 Å². The quantitative estimate of drug-likeness (QED) is 0.393. The van der Waals surface area contributed by atoms with Gasteiger partial charge in [-0.3, -0.25) is 9.59 Å². The number of carbonyl (C=O) groups excluding carboxylic acids is 2. The largest absolute Gasteiger partial charge is 0.379 e. The summed E-state index contributed by atoms with van der Waals surface area (Å²) in [6, 6.07) is 0. The van der Waals surface area contributed by atoms with Crippen molar-refractivity contribution in [3.63, 3.8) is 0 Å². The summed E-state index contributed by atoms with van der Waals surface area (Å²) >= 11 is 0. The molecule has 122 valence electrons. The third-order valence-electron chi connectivity index (χ3n) is 2.71. The van der Waals surface area contributed by atoms with E-state index in [-0.39, 0.29) is 11.8 Å². The first-order chi connectivity index (χ1) is 10.1. The second kappa shape index (κ2) is 13.6. The molecule has 0 heterocycles. The van der Waals surface area contributed by atoms with E-state index in [2.05, 4.69) is 24.1 Å². The standard InChI is InChI=1S/C15H28N2O4/c1-4-5-13(2)12-15(19)17-7-9-21-11-10-20-8-6-14(18)16-3/h2,4-12H2,1,3H3,(H,16,18)(H,17,19). The summed E-state index contributed by atoms with van der Waals surface area (Å²) < 4.78 is 10.5. The van der Waals surface area contributed by atoms with Crippen molar-refractivity contribution in [3.05, 3.63) is 12.2 Å². The molecule has 2 N–H and O–H groups in total. The molecule has 0 rings (SSSR count). The van der Waals surface area contributed by atoms with Gasteiger partial charge in [-0.15, -0.1) is 0 Å². The van der Waals surface area contributed by atoms with Crippen molar-refractivity contribution in [2.24, 2.45) is 0 Å². The van der Waals surface area contributed by atoms with Crippen LogP contribution in [0.1, 0.15) is 32.6 Å². The van der Waals surface area contributed by atoms with Gasteiger partial charge in [0.1, 0.15) is 0 Å². The molecule has 0 saturated heterocycles. The molecule has 6 heteroatoms. The summed E-state index contributed by atoms with van der Waals surface area (Å²) in [4.78, 5) is 22.4. The minimum atomic E-state index is -0.0386. The number of carbonyl (C=O) groups is 2. The Balaban J connectivity index is 3.30. The van der Waals surface area contributed by atoms with Crippen LogP contribution in [0.3, 0.4) is 0 Å². The van der Waals surface area contributed by atoms with Gasteiger partial charge in [-0.2, -0.15) is 0 Å². The second-order valence-electron chi connectivity index (χ2n) is 4.67. The normalized spacial score (nSPS) is 10.2. The van der Waals surface area contributed by atoms with Crippen LogP contribution >= 0.6 is 0 Å². The van der Waals surface area contributed by atoms with E-state index in [4.69, 9.17) is 9.47 Å². The van der Waals surface area contributed by atoms with E-state index in [1.54, 1.807) is 7.05 Å². The van der Waals surface area contributed by atoms with Crippen molar-refractivity contribution in [3.8, 4) is 0 Å². The molecule has 0 saturated carbocycles. The van der Waals surface area contributed by atoms with E-state index < -0.39 is 0 Å². The molecular formula is C15H28N2O4. The highest BCUT2D eigenvalue weighted by Crippen LogP contribution is 2.05. The number of rotatable bonds is 13. The van der Waals surface area contributed by atoms with Gasteiger partial charge >= 0.3 is 0 Å². The topological polar surface area (TPSA) is 76.7 Å². The van der Waals surface area contributed by atoms with Crippen molar-refractivity contribution in [1.29, 1.82) is 0 Å². The Bertz CT molecular complexity index is 319. The van der Waals surface area contributed by atoms with Gasteiger partial charge in [0.15, 0.2) is 0 Å². The molecule has 6 nitrogen and oxygen atoms in total. The predicted molar refractivity (Wildman–Crippen MR) is 82.0 cm³/mol. The van der Waals surface area contributed by atoms with Crippen LogP contribution in [-0.4, -0.2) is 51.8 Å². The molecule has 0 aliphatic carbocycles. The summed E-state index contributed by atoms with van der Waals surface area (Å²) in [7, 11) is 1.59. The maximum Gasteiger partial charge on any atom is 0.224 e. The van der Waals surface area contributed by atoms with E-state index in [1.165, 1.54) is 0 Å². The zero-order valence-corrected chi connectivity index (χ0v) is 13.2. The van der Waals surface area contributed by atoms with Gasteiger partial charge in [0.25, 0.3) is 0 Å². The van der Waals surface area contributed by atoms with E-state index in [0.717, 1.165) is 18.4 Å². The average Bonchev–Trinajstić information content (AvgIpc) is 2.45. The van der Waals surface area contributed by atoms with Crippen LogP contribution in [0.2, 0.25) is 0 Å². The zero-order chi connectivity index (χ0) is 15.9. The SMILES string of the molecule is C=C(CCC)CC(=O)NCCOCCOCCC(=O)NC. The molecule has 2 amide bonds. The first kappa shape index (κ1) is 19.6. The maximum absolute atomic E-state index is 11.5. The molecule has 0 aliphatic heterocycles. The molecule has 0 unspecified atom stereocenters. The Morgan fingerprint density at radius 2 is 1.67 bits per heavy atom. The molecule has 0 aromatic heterocycles. The summed E-state index contributed by atoms with van der Waals surface area (Å²) in [5, 5.41) is 5.30. The average molecular weight is 300 g/mol. The third kappa shape index (κ3) is 13.3. The number of amides is 2. The Kier molecular flexibility index (Phi) is 12.7. The highest BCUT2D eigenvalue weighted by molar-refractivity contribution is 5.78. The highest BCUT2D eigenvalue weighted by atomic mass is 16.5. The van der Waals surface area contributed by atoms with Gasteiger partial charge < -0.3 is 20.1 Å². The fraction of sp³-hybridized carbons (Fsp3) is 0.733. The third-order valence-corrected chi connectivity index (χ3v) is 2.71. The lowest BCUT2D eigenvalue weighted by Crippen LogP contribution is -2.27. The Morgan fingerprint density at radius 3 is 2.29 bits per heavy atom. The molecule has 21 heavy (non-hydrogen) atoms. The maximum atomic E-state index is 11.5. The summed E-state index contributed by atoms with van der Waals surface area (Å²) in [6.45, 7) is 8.13. The molecule has 0 fully saturated rings. The van der Waals surface area contributed by atoms with Gasteiger partial charge in [-0.25, -0.2) is 0 Å². The molecule has 0 atom stereocenters. The van der Waals surface area contributed by atoms with Crippen molar-refractivity contribution in [1.82, 2.24) is 10.6 Å². The lowest BCUT2D eigenvalue weighted by molar-refractivity contribution is -0.122. The van der Waals surface area contributed by atoms with Crippen LogP contribution in [0.4, 0.5) is 0 Å². The van der Waals surface area contributed by atoms with Crippen molar-refractivity contribution >= 4 is 11.8 Å². The molecule has 0 aromatic rings. The van der Waals surface area contributed by atoms with Gasteiger partial charge in [0, 0.05) is 26.4 Å². The number of ether oxygens (including phenoxy) is 2. The van der Waals surface area contributed by atoms with E-state index in [1.807, 2.05) is 0 Å². The molecule has 0 aliphatic rings. The minimum absolute atomic E-state index is 0.0149. The van der Waals surface area contributed by atoms with Gasteiger partial charge in [0.05, 0.1) is 26.4 Å². The molecule has 0 radical (unpaired) electrons. The van der Waals surface area contributed by atoms with Gasteiger partial charge in [-0.05, 0) is 6.42 Å². The fourth-order valence-corrected chi connectivity index (χ4v) is 1.61. The highest BCUT2D eigenvalue weighted by Gasteiger charge is 2.03. The first-order valence-electron chi connectivity index (χ1n) is 7.39. The fourth-order valence-electron chi connectivity index (χ4n) is 1.61. The Hall–Kier alpha value is -1.40. The van der Waals surface area contributed by atoms with Crippen LogP contribution in [0, 0.1) is 0 Å². The van der Waals surface area contributed by atoms with Crippen LogP contribution < -0.4 is 10.6 Å². The van der Waals surface area contributed by atoms with E-state index >= 15 is 0 Å². The summed E-state index contributed by atoms with van der Waals surface area (Å²) in [5.74, 6) is -0.0535. The number of nitrogens with one attached hydrogen (secondary N) is 2. The van der Waals surface area contributed by atoms with E-state index in [9.17, 15) is 9.59 Å². The Morgan fingerprint density at radius 1 is 1.00 bits per heavy atom. The van der Waals surface area contributed by atoms with Crippen LogP contribution in [0.25, 0.3) is 0 Å². The smallest absolute Gasteiger partial charge is 0.224 e. The zero-order valence-electron chi connectivity index (χ0n) is 13.2. The molecule has 0 bridgehead atoms. The molecular weight excluding hydrogens is 272 g/mol. The lowest BCUT2D eigenvalue weighted by Gasteiger charge is -2.08.